The van der Waals surface area contributed by atoms with E-state index in [0.29, 0.717) is 24.7 Å². The molecule has 1 heterocycles. The van der Waals surface area contributed by atoms with Gasteiger partial charge in [-0.05, 0) is 45.3 Å². The Labute approximate surface area is 154 Å². The van der Waals surface area contributed by atoms with E-state index < -0.39 is 18.3 Å². The van der Waals surface area contributed by atoms with E-state index in [9.17, 15) is 0 Å². The molecular formula is C18H26BNO6. The highest BCUT2D eigenvalue weighted by atomic mass is 16.7. The van der Waals surface area contributed by atoms with Gasteiger partial charge in [0.05, 0.1) is 31.0 Å². The summed E-state index contributed by atoms with van der Waals surface area (Å²) in [6.07, 6.45) is 0. The molecule has 7 nitrogen and oxygen atoms in total. The maximum absolute atomic E-state index is 8.80. The lowest BCUT2D eigenvalue weighted by Gasteiger charge is -2.32. The Morgan fingerprint density at radius 3 is 2.35 bits per heavy atom. The molecule has 8 heteroatoms. The lowest BCUT2D eigenvalue weighted by Crippen LogP contribution is -2.41. The van der Waals surface area contributed by atoms with Crippen LogP contribution in [-0.4, -0.2) is 56.5 Å². The van der Waals surface area contributed by atoms with Gasteiger partial charge in [-0.15, -0.1) is 0 Å². The number of ether oxygens (including phenoxy) is 3. The molecule has 1 N–H and O–H groups in total. The second-order valence-electron chi connectivity index (χ2n) is 6.93. The van der Waals surface area contributed by atoms with Crippen LogP contribution in [0.5, 0.6) is 11.5 Å². The van der Waals surface area contributed by atoms with Gasteiger partial charge in [-0.25, -0.2) is 0 Å². The Balaban J connectivity index is 2.11. The molecule has 0 atom stereocenters. The highest BCUT2D eigenvalue weighted by Gasteiger charge is 2.51. The Hall–Kier alpha value is -1.79. The maximum Gasteiger partial charge on any atom is 0.494 e. The van der Waals surface area contributed by atoms with Gasteiger partial charge < -0.3 is 28.6 Å². The molecule has 1 aliphatic rings. The molecule has 2 rings (SSSR count). The van der Waals surface area contributed by atoms with Gasteiger partial charge in [0.15, 0.2) is 18.1 Å². The van der Waals surface area contributed by atoms with Crippen LogP contribution in [0, 0.1) is 11.3 Å². The zero-order valence-corrected chi connectivity index (χ0v) is 15.8. The van der Waals surface area contributed by atoms with Crippen LogP contribution in [0.15, 0.2) is 18.2 Å². The second-order valence-corrected chi connectivity index (χ2v) is 6.93. The molecule has 1 aliphatic heterocycles. The Kier molecular flexibility index (Phi) is 6.90. The summed E-state index contributed by atoms with van der Waals surface area (Å²) in [5.74, 6) is 0.953. The topological polar surface area (TPSA) is 90.2 Å². The van der Waals surface area contributed by atoms with Crippen LogP contribution >= 0.6 is 0 Å². The fourth-order valence-electron chi connectivity index (χ4n) is 2.37. The Bertz CT molecular complexity index is 627. The summed E-state index contributed by atoms with van der Waals surface area (Å²) in [5.41, 5.74) is -0.0877. The smallest absolute Gasteiger partial charge is 0.487 e. The number of nitriles is 1. The van der Waals surface area contributed by atoms with Crippen molar-refractivity contribution in [2.75, 3.05) is 33.0 Å². The minimum Gasteiger partial charge on any atom is -0.487 e. The quantitative estimate of drug-likeness (QED) is 0.522. The summed E-state index contributed by atoms with van der Waals surface area (Å²) in [4.78, 5) is 0. The van der Waals surface area contributed by atoms with Crippen molar-refractivity contribution in [2.45, 2.75) is 38.9 Å². The van der Waals surface area contributed by atoms with Crippen molar-refractivity contribution in [3.63, 3.8) is 0 Å². The third-order valence-electron chi connectivity index (χ3n) is 4.51. The van der Waals surface area contributed by atoms with Crippen LogP contribution < -0.4 is 14.9 Å². The monoisotopic (exact) mass is 363 g/mol. The fourth-order valence-corrected chi connectivity index (χ4v) is 2.37. The molecule has 0 amide bonds. The number of hydrogen-bond donors (Lipinski definition) is 1. The third-order valence-corrected chi connectivity index (χ3v) is 4.51. The molecule has 1 fully saturated rings. The van der Waals surface area contributed by atoms with Crippen molar-refractivity contribution in [1.82, 2.24) is 0 Å². The molecule has 0 bridgehead atoms. The Morgan fingerprint density at radius 1 is 1.04 bits per heavy atom. The molecule has 0 aromatic heterocycles. The van der Waals surface area contributed by atoms with E-state index in [4.69, 9.17) is 33.9 Å². The average molecular weight is 363 g/mol. The first-order chi connectivity index (χ1) is 12.3. The average Bonchev–Trinajstić information content (AvgIpc) is 2.81. The van der Waals surface area contributed by atoms with E-state index in [1.165, 1.54) is 0 Å². The maximum atomic E-state index is 8.80. The van der Waals surface area contributed by atoms with Crippen LogP contribution in [0.25, 0.3) is 0 Å². The molecular weight excluding hydrogens is 337 g/mol. The number of hydrogen-bond acceptors (Lipinski definition) is 7. The van der Waals surface area contributed by atoms with Crippen molar-refractivity contribution < 1.29 is 28.6 Å². The molecule has 1 aromatic carbocycles. The van der Waals surface area contributed by atoms with Gasteiger partial charge in [-0.3, -0.25) is 0 Å². The highest BCUT2D eigenvalue weighted by Crippen LogP contribution is 2.37. The standard InChI is InChI=1S/C18H26BNO6/c1-17(2)18(3,4)26-19(25-17)14-5-6-15(16(13-14)23-9-7-20)24-12-11-22-10-8-21/h5-6,13,21H,8-12H2,1-4H3. The summed E-state index contributed by atoms with van der Waals surface area (Å²) in [6, 6.07) is 7.33. The number of aliphatic hydroxyl groups is 1. The molecule has 0 radical (unpaired) electrons. The summed E-state index contributed by atoms with van der Waals surface area (Å²) in [6.45, 7) is 8.75. The third kappa shape index (κ3) is 4.89. The van der Waals surface area contributed by atoms with Crippen LogP contribution in [-0.2, 0) is 14.0 Å². The molecule has 1 aromatic rings. The van der Waals surface area contributed by atoms with E-state index in [1.54, 1.807) is 12.1 Å². The van der Waals surface area contributed by atoms with Gasteiger partial charge in [0, 0.05) is 0 Å². The van der Waals surface area contributed by atoms with Crippen molar-refractivity contribution in [3.8, 4) is 17.6 Å². The van der Waals surface area contributed by atoms with Crippen molar-refractivity contribution >= 4 is 12.6 Å². The van der Waals surface area contributed by atoms with Gasteiger partial charge in [0.2, 0.25) is 0 Å². The summed E-state index contributed by atoms with van der Waals surface area (Å²) >= 11 is 0. The summed E-state index contributed by atoms with van der Waals surface area (Å²) in [5, 5.41) is 17.5. The van der Waals surface area contributed by atoms with Crippen LogP contribution in [0.3, 0.4) is 0 Å². The zero-order valence-electron chi connectivity index (χ0n) is 15.8. The summed E-state index contributed by atoms with van der Waals surface area (Å²) in [7, 11) is -0.522. The largest absolute Gasteiger partial charge is 0.494 e. The van der Waals surface area contributed by atoms with Crippen LogP contribution in [0.1, 0.15) is 27.7 Å². The zero-order chi connectivity index (χ0) is 19.2. The summed E-state index contributed by atoms with van der Waals surface area (Å²) < 4.78 is 28.4. The normalized spacial score (nSPS) is 17.8. The van der Waals surface area contributed by atoms with Crippen molar-refractivity contribution in [2.24, 2.45) is 0 Å². The van der Waals surface area contributed by atoms with E-state index in [2.05, 4.69) is 0 Å². The predicted octanol–water partition coefficient (Wildman–Crippen LogP) is 1.28. The first kappa shape index (κ1) is 20.5. The minimum atomic E-state index is -0.522. The van der Waals surface area contributed by atoms with Crippen molar-refractivity contribution in [1.29, 1.82) is 5.26 Å². The SMILES string of the molecule is CC1(C)OB(c2ccc(OCCOCCO)c(OCC#N)c2)OC1(C)C. The fraction of sp³-hybridized carbons (Fsp3) is 0.611. The van der Waals surface area contributed by atoms with E-state index >= 15 is 0 Å². The number of benzene rings is 1. The minimum absolute atomic E-state index is 0.0285. The van der Waals surface area contributed by atoms with E-state index in [-0.39, 0.29) is 19.8 Å². The second kappa shape index (κ2) is 8.74. The highest BCUT2D eigenvalue weighted by molar-refractivity contribution is 6.62. The van der Waals surface area contributed by atoms with E-state index in [0.717, 1.165) is 5.46 Å². The first-order valence-corrected chi connectivity index (χ1v) is 8.61. The molecule has 0 aliphatic carbocycles. The van der Waals surface area contributed by atoms with E-state index in [1.807, 2.05) is 39.8 Å². The van der Waals surface area contributed by atoms with Crippen LogP contribution in [0.2, 0.25) is 0 Å². The Morgan fingerprint density at radius 2 is 1.73 bits per heavy atom. The predicted molar refractivity (Wildman–Crippen MR) is 96.7 cm³/mol. The van der Waals surface area contributed by atoms with Gasteiger partial charge in [0.1, 0.15) is 12.7 Å². The lowest BCUT2D eigenvalue weighted by molar-refractivity contribution is 0.00578. The van der Waals surface area contributed by atoms with Gasteiger partial charge in [0.25, 0.3) is 0 Å². The molecule has 0 unspecified atom stereocenters. The number of rotatable bonds is 9. The lowest BCUT2D eigenvalue weighted by atomic mass is 9.79. The van der Waals surface area contributed by atoms with Crippen molar-refractivity contribution in [3.05, 3.63) is 18.2 Å². The molecule has 0 saturated carbocycles. The molecule has 1 saturated heterocycles. The molecule has 0 spiro atoms. The first-order valence-electron chi connectivity index (χ1n) is 8.61. The number of aliphatic hydroxyl groups excluding tert-OH is 1. The van der Waals surface area contributed by atoms with Gasteiger partial charge >= 0.3 is 7.12 Å². The van der Waals surface area contributed by atoms with Gasteiger partial charge in [-0.2, -0.15) is 5.26 Å². The number of nitrogens with zero attached hydrogens (tertiary/aromatic N) is 1. The van der Waals surface area contributed by atoms with Gasteiger partial charge in [-0.1, -0.05) is 6.07 Å². The molecule has 26 heavy (non-hydrogen) atoms. The van der Waals surface area contributed by atoms with Crippen LogP contribution in [0.4, 0.5) is 0 Å². The molecule has 142 valence electrons.